The molecule has 29 heavy (non-hydrogen) atoms. The Labute approximate surface area is 174 Å². The fourth-order valence-corrected chi connectivity index (χ4v) is 3.31. The smallest absolute Gasteiger partial charge is 0.249 e. The van der Waals surface area contributed by atoms with Gasteiger partial charge < -0.3 is 8.83 Å². The molecule has 0 bridgehead atoms. The highest BCUT2D eigenvalue weighted by Gasteiger charge is 2.16. The average Bonchev–Trinajstić information content (AvgIpc) is 3.39. The highest BCUT2D eigenvalue weighted by molar-refractivity contribution is 6.33. The van der Waals surface area contributed by atoms with Crippen LogP contribution in [0.2, 0.25) is 5.02 Å². The van der Waals surface area contributed by atoms with Crippen LogP contribution in [-0.4, -0.2) is 26.6 Å². The topological polar surface area (TPSA) is 68.2 Å². The standard InChI is InChI=1S/C22H21ClN4O2/c1-2-12-27(14-20-24-13-19(28-20)16-8-4-3-5-9-16)15-21-25-26-22(29-21)17-10-6-7-11-18(17)23/h3-11,13H,2,12,14-15H2,1H3. The van der Waals surface area contributed by atoms with E-state index in [4.69, 9.17) is 20.4 Å². The maximum atomic E-state index is 6.22. The molecule has 0 fully saturated rings. The fraction of sp³-hybridized carbons (Fsp3) is 0.227. The lowest BCUT2D eigenvalue weighted by atomic mass is 10.2. The minimum atomic E-state index is 0.421. The van der Waals surface area contributed by atoms with E-state index >= 15 is 0 Å². The summed E-state index contributed by atoms with van der Waals surface area (Å²) in [6.07, 6.45) is 2.74. The largest absolute Gasteiger partial charge is 0.439 e. The van der Waals surface area contributed by atoms with Gasteiger partial charge >= 0.3 is 0 Å². The van der Waals surface area contributed by atoms with Gasteiger partial charge in [-0.3, -0.25) is 4.90 Å². The second kappa shape index (κ2) is 9.03. The molecule has 0 aliphatic heterocycles. The van der Waals surface area contributed by atoms with Crippen LogP contribution < -0.4 is 0 Å². The number of benzene rings is 2. The fourth-order valence-electron chi connectivity index (χ4n) is 3.09. The van der Waals surface area contributed by atoms with E-state index in [1.807, 2.05) is 48.5 Å². The number of nitrogens with zero attached hydrogens (tertiary/aromatic N) is 4. The summed E-state index contributed by atoms with van der Waals surface area (Å²) in [5, 5.41) is 8.91. The zero-order valence-corrected chi connectivity index (χ0v) is 16.8. The lowest BCUT2D eigenvalue weighted by molar-refractivity contribution is 0.211. The van der Waals surface area contributed by atoms with Gasteiger partial charge in [0.15, 0.2) is 5.76 Å². The zero-order chi connectivity index (χ0) is 20.1. The zero-order valence-electron chi connectivity index (χ0n) is 16.1. The third-order valence-electron chi connectivity index (χ3n) is 4.44. The van der Waals surface area contributed by atoms with E-state index in [1.165, 1.54) is 0 Å². The Morgan fingerprint density at radius 2 is 1.66 bits per heavy atom. The molecule has 2 aromatic heterocycles. The maximum absolute atomic E-state index is 6.22. The van der Waals surface area contributed by atoms with Crippen molar-refractivity contribution in [3.63, 3.8) is 0 Å². The van der Waals surface area contributed by atoms with Gasteiger partial charge in [-0.1, -0.05) is 61.0 Å². The minimum Gasteiger partial charge on any atom is -0.439 e. The number of hydrogen-bond acceptors (Lipinski definition) is 6. The van der Waals surface area contributed by atoms with Gasteiger partial charge in [0.05, 0.1) is 29.9 Å². The van der Waals surface area contributed by atoms with Crippen molar-refractivity contribution < 1.29 is 8.83 Å². The van der Waals surface area contributed by atoms with E-state index in [2.05, 4.69) is 27.0 Å². The average molecular weight is 409 g/mol. The second-order valence-corrected chi connectivity index (χ2v) is 7.08. The Hall–Kier alpha value is -2.96. The van der Waals surface area contributed by atoms with Crippen LogP contribution >= 0.6 is 11.6 Å². The normalized spacial score (nSPS) is 11.3. The first-order chi connectivity index (χ1) is 14.2. The van der Waals surface area contributed by atoms with Gasteiger partial charge in [-0.2, -0.15) is 0 Å². The van der Waals surface area contributed by atoms with Crippen LogP contribution in [0.3, 0.4) is 0 Å². The van der Waals surface area contributed by atoms with Crippen molar-refractivity contribution in [1.82, 2.24) is 20.1 Å². The monoisotopic (exact) mass is 408 g/mol. The van der Waals surface area contributed by atoms with Crippen molar-refractivity contribution in [3.05, 3.63) is 77.6 Å². The summed E-state index contributed by atoms with van der Waals surface area (Å²) >= 11 is 6.22. The number of rotatable bonds is 8. The molecule has 0 unspecified atom stereocenters. The molecule has 0 aliphatic rings. The van der Waals surface area contributed by atoms with Gasteiger partial charge in [-0.15, -0.1) is 10.2 Å². The van der Waals surface area contributed by atoms with Gasteiger partial charge in [-0.25, -0.2) is 4.98 Å². The lowest BCUT2D eigenvalue weighted by Crippen LogP contribution is -2.24. The van der Waals surface area contributed by atoms with Crippen molar-refractivity contribution in [2.75, 3.05) is 6.54 Å². The van der Waals surface area contributed by atoms with Crippen LogP contribution in [0.5, 0.6) is 0 Å². The Balaban J connectivity index is 1.46. The highest BCUT2D eigenvalue weighted by Crippen LogP contribution is 2.27. The Kier molecular flexibility index (Phi) is 6.03. The molecule has 148 valence electrons. The molecule has 0 aliphatic carbocycles. The summed E-state index contributed by atoms with van der Waals surface area (Å²) in [6.45, 7) is 4.05. The molecule has 0 saturated carbocycles. The van der Waals surface area contributed by atoms with E-state index in [0.29, 0.717) is 35.8 Å². The summed E-state index contributed by atoms with van der Waals surface area (Å²) in [4.78, 5) is 6.60. The summed E-state index contributed by atoms with van der Waals surface area (Å²) in [5.74, 6) is 2.37. The minimum absolute atomic E-state index is 0.421. The van der Waals surface area contributed by atoms with Crippen LogP contribution in [0.25, 0.3) is 22.8 Å². The molecular formula is C22H21ClN4O2. The molecule has 0 atom stereocenters. The van der Waals surface area contributed by atoms with Crippen LogP contribution in [0.15, 0.2) is 69.6 Å². The number of oxazole rings is 1. The SMILES string of the molecule is CCCN(Cc1ncc(-c2ccccc2)o1)Cc1nnc(-c2ccccc2Cl)o1. The van der Waals surface area contributed by atoms with Crippen molar-refractivity contribution in [1.29, 1.82) is 0 Å². The Morgan fingerprint density at radius 3 is 2.45 bits per heavy atom. The van der Waals surface area contributed by atoms with Crippen LogP contribution in [-0.2, 0) is 13.1 Å². The Bertz CT molecular complexity index is 1060. The van der Waals surface area contributed by atoms with Gasteiger partial charge in [-0.05, 0) is 25.1 Å². The molecule has 0 spiro atoms. The molecule has 0 saturated heterocycles. The molecule has 4 rings (SSSR count). The van der Waals surface area contributed by atoms with Crippen molar-refractivity contribution in [2.24, 2.45) is 0 Å². The summed E-state index contributed by atoms with van der Waals surface area (Å²) < 4.78 is 11.8. The maximum Gasteiger partial charge on any atom is 0.249 e. The first kappa shape index (κ1) is 19.4. The van der Waals surface area contributed by atoms with Gasteiger partial charge in [0.2, 0.25) is 17.7 Å². The second-order valence-electron chi connectivity index (χ2n) is 6.68. The predicted molar refractivity (Wildman–Crippen MR) is 111 cm³/mol. The molecule has 0 radical (unpaired) electrons. The quantitative estimate of drug-likeness (QED) is 0.385. The summed E-state index contributed by atoms with van der Waals surface area (Å²) in [5.41, 5.74) is 1.74. The number of aromatic nitrogens is 3. The molecular weight excluding hydrogens is 388 g/mol. The van der Waals surface area contributed by atoms with Crippen LogP contribution in [0, 0.1) is 0 Å². The van der Waals surface area contributed by atoms with E-state index in [1.54, 1.807) is 12.3 Å². The summed E-state index contributed by atoms with van der Waals surface area (Å²) in [7, 11) is 0. The number of hydrogen-bond donors (Lipinski definition) is 0. The van der Waals surface area contributed by atoms with Gasteiger partial charge in [0, 0.05) is 5.56 Å². The molecule has 2 heterocycles. The van der Waals surface area contributed by atoms with E-state index in [9.17, 15) is 0 Å². The van der Waals surface area contributed by atoms with Crippen LogP contribution in [0.1, 0.15) is 25.1 Å². The predicted octanol–water partition coefficient (Wildman–Crippen LogP) is 5.46. The molecule has 0 amide bonds. The van der Waals surface area contributed by atoms with Gasteiger partial charge in [0.1, 0.15) is 0 Å². The first-order valence-corrected chi connectivity index (χ1v) is 9.90. The number of halogens is 1. The Morgan fingerprint density at radius 1 is 0.897 bits per heavy atom. The molecule has 2 aromatic carbocycles. The van der Waals surface area contributed by atoms with Gasteiger partial charge in [0.25, 0.3) is 0 Å². The van der Waals surface area contributed by atoms with Crippen molar-refractivity contribution >= 4 is 11.6 Å². The third kappa shape index (κ3) is 4.72. The van der Waals surface area contributed by atoms with Crippen molar-refractivity contribution in [2.45, 2.75) is 26.4 Å². The molecule has 7 heteroatoms. The highest BCUT2D eigenvalue weighted by atomic mass is 35.5. The molecule has 4 aromatic rings. The molecule has 0 N–H and O–H groups in total. The van der Waals surface area contributed by atoms with E-state index in [0.717, 1.165) is 29.9 Å². The first-order valence-electron chi connectivity index (χ1n) is 9.52. The molecule has 6 nitrogen and oxygen atoms in total. The van der Waals surface area contributed by atoms with Crippen molar-refractivity contribution in [3.8, 4) is 22.8 Å². The van der Waals surface area contributed by atoms with E-state index < -0.39 is 0 Å². The third-order valence-corrected chi connectivity index (χ3v) is 4.77. The van der Waals surface area contributed by atoms with Crippen LogP contribution in [0.4, 0.5) is 0 Å². The summed E-state index contributed by atoms with van der Waals surface area (Å²) in [6, 6.07) is 17.4. The lowest BCUT2D eigenvalue weighted by Gasteiger charge is -2.17. The van der Waals surface area contributed by atoms with E-state index in [-0.39, 0.29) is 0 Å².